The molecular weight excluding hydrogens is 206 g/mol. The molecule has 5 heteroatoms. The van der Waals surface area contributed by atoms with Crippen molar-refractivity contribution in [3.05, 3.63) is 17.0 Å². The van der Waals surface area contributed by atoms with Crippen molar-refractivity contribution in [2.75, 3.05) is 0 Å². The third-order valence-electron chi connectivity index (χ3n) is 2.82. The average Bonchev–Trinajstić information content (AvgIpc) is 2.50. The van der Waals surface area contributed by atoms with Crippen molar-refractivity contribution in [1.29, 1.82) is 0 Å². The first kappa shape index (κ1) is 12.7. The number of rotatable bonds is 5. The number of hydrogen-bond acceptors (Lipinski definition) is 3. The van der Waals surface area contributed by atoms with Gasteiger partial charge in [-0.1, -0.05) is 13.3 Å². The van der Waals surface area contributed by atoms with Gasteiger partial charge in [-0.05, 0) is 20.3 Å². The third kappa shape index (κ3) is 2.24. The standard InChI is InChI=1S/C11H19N3O2/c1-4-5-10(11(15)16)14-8(3)9(6-12)7(2)13-14/h10H,4-6,12H2,1-3H3,(H,15,16). The Kier molecular flexibility index (Phi) is 4.06. The van der Waals surface area contributed by atoms with E-state index in [1.807, 2.05) is 20.8 Å². The normalized spacial score (nSPS) is 12.8. The molecule has 0 amide bonds. The van der Waals surface area contributed by atoms with E-state index in [0.717, 1.165) is 23.4 Å². The van der Waals surface area contributed by atoms with E-state index in [-0.39, 0.29) is 0 Å². The first-order chi connectivity index (χ1) is 7.52. The van der Waals surface area contributed by atoms with Crippen LogP contribution in [0.25, 0.3) is 0 Å². The van der Waals surface area contributed by atoms with Gasteiger partial charge < -0.3 is 10.8 Å². The number of carbonyl (C=O) groups is 1. The van der Waals surface area contributed by atoms with Gasteiger partial charge in [0, 0.05) is 17.8 Å². The molecule has 0 saturated heterocycles. The van der Waals surface area contributed by atoms with Gasteiger partial charge in [0.05, 0.1) is 5.69 Å². The monoisotopic (exact) mass is 225 g/mol. The van der Waals surface area contributed by atoms with Crippen LogP contribution in [0.3, 0.4) is 0 Å². The van der Waals surface area contributed by atoms with E-state index in [0.29, 0.717) is 13.0 Å². The summed E-state index contributed by atoms with van der Waals surface area (Å²) in [5, 5.41) is 13.4. The largest absolute Gasteiger partial charge is 0.480 e. The Hall–Kier alpha value is -1.36. The molecule has 0 saturated carbocycles. The molecule has 0 aromatic carbocycles. The van der Waals surface area contributed by atoms with Crippen molar-refractivity contribution in [1.82, 2.24) is 9.78 Å². The summed E-state index contributed by atoms with van der Waals surface area (Å²) >= 11 is 0. The minimum absolute atomic E-state index is 0.399. The van der Waals surface area contributed by atoms with Crippen molar-refractivity contribution in [2.45, 2.75) is 46.2 Å². The summed E-state index contributed by atoms with van der Waals surface area (Å²) in [7, 11) is 0. The Balaban J connectivity index is 3.14. The van der Waals surface area contributed by atoms with Crippen molar-refractivity contribution in [3.8, 4) is 0 Å². The summed E-state index contributed by atoms with van der Waals surface area (Å²) in [6, 6.07) is -0.580. The number of aryl methyl sites for hydroxylation is 1. The van der Waals surface area contributed by atoms with Gasteiger partial charge in [0.1, 0.15) is 6.04 Å². The SMILES string of the molecule is CCCC(C(=O)O)n1nc(C)c(CN)c1C. The fourth-order valence-corrected chi connectivity index (χ4v) is 1.92. The highest BCUT2D eigenvalue weighted by atomic mass is 16.4. The Morgan fingerprint density at radius 2 is 2.19 bits per heavy atom. The van der Waals surface area contributed by atoms with E-state index in [4.69, 9.17) is 10.8 Å². The lowest BCUT2D eigenvalue weighted by atomic mass is 10.1. The van der Waals surface area contributed by atoms with Crippen molar-refractivity contribution in [3.63, 3.8) is 0 Å². The fourth-order valence-electron chi connectivity index (χ4n) is 1.92. The molecule has 0 aliphatic heterocycles. The number of hydrogen-bond donors (Lipinski definition) is 2. The molecular formula is C11H19N3O2. The average molecular weight is 225 g/mol. The molecule has 1 unspecified atom stereocenters. The molecule has 0 fully saturated rings. The molecule has 0 aliphatic carbocycles. The Bertz CT molecular complexity index is 385. The van der Waals surface area contributed by atoms with Gasteiger partial charge in [-0.2, -0.15) is 5.10 Å². The predicted molar refractivity (Wildman–Crippen MR) is 61.2 cm³/mol. The van der Waals surface area contributed by atoms with Crippen LogP contribution in [0.15, 0.2) is 0 Å². The molecule has 0 bridgehead atoms. The van der Waals surface area contributed by atoms with Crippen LogP contribution in [0.1, 0.15) is 42.8 Å². The Morgan fingerprint density at radius 1 is 1.56 bits per heavy atom. The lowest BCUT2D eigenvalue weighted by Crippen LogP contribution is -2.21. The summed E-state index contributed by atoms with van der Waals surface area (Å²) in [5.41, 5.74) is 8.24. The molecule has 0 radical (unpaired) electrons. The van der Waals surface area contributed by atoms with Crippen LogP contribution in [0, 0.1) is 13.8 Å². The number of carboxylic acid groups (broad SMARTS) is 1. The van der Waals surface area contributed by atoms with Crippen LogP contribution in [0.2, 0.25) is 0 Å². The topological polar surface area (TPSA) is 81.1 Å². The maximum absolute atomic E-state index is 11.2. The van der Waals surface area contributed by atoms with Crippen molar-refractivity contribution < 1.29 is 9.90 Å². The van der Waals surface area contributed by atoms with Crippen LogP contribution < -0.4 is 5.73 Å². The molecule has 3 N–H and O–H groups in total. The molecule has 1 aromatic heterocycles. The van der Waals surface area contributed by atoms with E-state index in [1.165, 1.54) is 0 Å². The second-order valence-corrected chi connectivity index (χ2v) is 3.94. The van der Waals surface area contributed by atoms with Gasteiger partial charge in [-0.25, -0.2) is 4.79 Å². The number of aromatic nitrogens is 2. The van der Waals surface area contributed by atoms with Gasteiger partial charge in [-0.15, -0.1) is 0 Å². The van der Waals surface area contributed by atoms with E-state index < -0.39 is 12.0 Å². The second kappa shape index (κ2) is 5.12. The lowest BCUT2D eigenvalue weighted by Gasteiger charge is -2.14. The molecule has 16 heavy (non-hydrogen) atoms. The highest BCUT2D eigenvalue weighted by molar-refractivity contribution is 5.71. The fraction of sp³-hybridized carbons (Fsp3) is 0.636. The lowest BCUT2D eigenvalue weighted by molar-refractivity contribution is -0.141. The van der Waals surface area contributed by atoms with Gasteiger partial charge in [-0.3, -0.25) is 4.68 Å². The van der Waals surface area contributed by atoms with Gasteiger partial charge >= 0.3 is 5.97 Å². The van der Waals surface area contributed by atoms with Crippen LogP contribution in [-0.2, 0) is 11.3 Å². The van der Waals surface area contributed by atoms with E-state index in [2.05, 4.69) is 5.10 Å². The minimum Gasteiger partial charge on any atom is -0.480 e. The summed E-state index contributed by atoms with van der Waals surface area (Å²) in [6.07, 6.45) is 1.40. The molecule has 0 aliphatic rings. The number of nitrogens with two attached hydrogens (primary N) is 1. The first-order valence-electron chi connectivity index (χ1n) is 5.50. The highest BCUT2D eigenvalue weighted by Crippen LogP contribution is 2.20. The van der Waals surface area contributed by atoms with Crippen LogP contribution in [0.5, 0.6) is 0 Å². The quantitative estimate of drug-likeness (QED) is 0.793. The van der Waals surface area contributed by atoms with Crippen LogP contribution in [-0.4, -0.2) is 20.9 Å². The molecule has 1 atom stereocenters. The van der Waals surface area contributed by atoms with Crippen molar-refractivity contribution >= 4 is 5.97 Å². The van der Waals surface area contributed by atoms with Crippen molar-refractivity contribution in [2.24, 2.45) is 5.73 Å². The Morgan fingerprint density at radius 3 is 2.56 bits per heavy atom. The minimum atomic E-state index is -0.837. The van der Waals surface area contributed by atoms with Gasteiger partial charge in [0.2, 0.25) is 0 Å². The smallest absolute Gasteiger partial charge is 0.328 e. The summed E-state index contributed by atoms with van der Waals surface area (Å²) in [4.78, 5) is 11.2. The molecule has 5 nitrogen and oxygen atoms in total. The molecule has 1 heterocycles. The maximum atomic E-state index is 11.2. The zero-order chi connectivity index (χ0) is 12.3. The molecule has 90 valence electrons. The van der Waals surface area contributed by atoms with Crippen LogP contribution in [0.4, 0.5) is 0 Å². The highest BCUT2D eigenvalue weighted by Gasteiger charge is 2.23. The summed E-state index contributed by atoms with van der Waals surface area (Å²) < 4.78 is 1.59. The van der Waals surface area contributed by atoms with E-state index in [9.17, 15) is 4.79 Å². The second-order valence-electron chi connectivity index (χ2n) is 3.94. The molecule has 1 aromatic rings. The zero-order valence-corrected chi connectivity index (χ0v) is 10.0. The third-order valence-corrected chi connectivity index (χ3v) is 2.82. The number of carboxylic acids is 1. The first-order valence-corrected chi connectivity index (χ1v) is 5.50. The Labute approximate surface area is 95.3 Å². The molecule has 1 rings (SSSR count). The summed E-state index contributed by atoms with van der Waals surface area (Å²) in [6.45, 7) is 6.09. The van der Waals surface area contributed by atoms with E-state index in [1.54, 1.807) is 4.68 Å². The van der Waals surface area contributed by atoms with Gasteiger partial charge in [0.25, 0.3) is 0 Å². The predicted octanol–water partition coefficient (Wildman–Crippen LogP) is 1.38. The number of nitrogens with zero attached hydrogens (tertiary/aromatic N) is 2. The van der Waals surface area contributed by atoms with E-state index >= 15 is 0 Å². The van der Waals surface area contributed by atoms with Gasteiger partial charge in [0.15, 0.2) is 0 Å². The summed E-state index contributed by atoms with van der Waals surface area (Å²) in [5.74, 6) is -0.837. The number of aliphatic carboxylic acids is 1. The van der Waals surface area contributed by atoms with Crippen LogP contribution >= 0.6 is 0 Å². The zero-order valence-electron chi connectivity index (χ0n) is 10.0. The maximum Gasteiger partial charge on any atom is 0.328 e. The molecule has 0 spiro atoms.